The van der Waals surface area contributed by atoms with E-state index >= 15 is 0 Å². The van der Waals surface area contributed by atoms with E-state index in [1.807, 2.05) is 0 Å². The number of nitrogens with one attached hydrogen (secondary N) is 1. The molecule has 8 heteroatoms. The fourth-order valence-corrected chi connectivity index (χ4v) is 2.16. The Morgan fingerprint density at radius 1 is 1.39 bits per heavy atom. The van der Waals surface area contributed by atoms with E-state index in [4.69, 9.17) is 5.73 Å². The van der Waals surface area contributed by atoms with Gasteiger partial charge in [0.25, 0.3) is 0 Å². The van der Waals surface area contributed by atoms with Gasteiger partial charge < -0.3 is 11.1 Å². The van der Waals surface area contributed by atoms with Crippen LogP contribution in [0, 0.1) is 0 Å². The van der Waals surface area contributed by atoms with E-state index in [1.165, 1.54) is 17.4 Å². The fourth-order valence-electron chi connectivity index (χ4n) is 2.16. The number of rotatable bonds is 4. The van der Waals surface area contributed by atoms with Gasteiger partial charge >= 0.3 is 0 Å². The van der Waals surface area contributed by atoms with Gasteiger partial charge in [0, 0.05) is 12.1 Å². The lowest BCUT2D eigenvalue weighted by Gasteiger charge is -2.33. The lowest BCUT2D eigenvalue weighted by Crippen LogP contribution is -2.51. The highest BCUT2D eigenvalue weighted by Gasteiger charge is 2.27. The van der Waals surface area contributed by atoms with Crippen LogP contribution in [-0.2, 0) is 11.3 Å². The zero-order valence-corrected chi connectivity index (χ0v) is 11.0. The van der Waals surface area contributed by atoms with Crippen LogP contribution in [0.3, 0.4) is 0 Å². The second-order valence-electron chi connectivity index (χ2n) is 4.71. The minimum atomic E-state index is -0.228. The molecule has 1 aliphatic carbocycles. The Morgan fingerprint density at radius 3 is 2.72 bits per heavy atom. The van der Waals surface area contributed by atoms with Crippen LogP contribution in [0.4, 0.5) is 0 Å². The number of halogens is 1. The summed E-state index contributed by atoms with van der Waals surface area (Å²) in [4.78, 5) is 11.6. The number of nitrogens with zero attached hydrogens (tertiary/aromatic N) is 4. The number of amides is 1. The summed E-state index contributed by atoms with van der Waals surface area (Å²) in [6, 6.07) is 0. The van der Waals surface area contributed by atoms with E-state index in [9.17, 15) is 4.79 Å². The van der Waals surface area contributed by atoms with Gasteiger partial charge in [-0.25, -0.2) is 4.68 Å². The first kappa shape index (κ1) is 14.8. The molecule has 18 heavy (non-hydrogen) atoms. The molecule has 0 unspecified atom stereocenters. The van der Waals surface area contributed by atoms with Crippen molar-refractivity contribution in [1.82, 2.24) is 25.5 Å². The van der Waals surface area contributed by atoms with E-state index in [0.717, 1.165) is 25.7 Å². The SMILES string of the molecule is Cl.NC1(CNC(=O)Cn2cnnn2)CCCCC1. The molecular formula is C10H19ClN6O. The van der Waals surface area contributed by atoms with Gasteiger partial charge in [0.2, 0.25) is 5.91 Å². The highest BCUT2D eigenvalue weighted by Crippen LogP contribution is 2.24. The molecule has 3 N–H and O–H groups in total. The molecule has 7 nitrogen and oxygen atoms in total. The molecule has 1 saturated carbocycles. The molecule has 0 aromatic carbocycles. The quantitative estimate of drug-likeness (QED) is 0.797. The number of nitrogens with two attached hydrogens (primary N) is 1. The largest absolute Gasteiger partial charge is 0.353 e. The molecule has 1 heterocycles. The maximum atomic E-state index is 11.6. The lowest BCUT2D eigenvalue weighted by molar-refractivity contribution is -0.122. The Hall–Kier alpha value is -1.21. The van der Waals surface area contributed by atoms with Crippen LogP contribution in [-0.4, -0.2) is 38.2 Å². The van der Waals surface area contributed by atoms with Crippen molar-refractivity contribution < 1.29 is 4.79 Å². The van der Waals surface area contributed by atoms with Gasteiger partial charge in [-0.1, -0.05) is 19.3 Å². The normalized spacial score (nSPS) is 17.8. The second kappa shape index (κ2) is 6.65. The Bertz CT molecular complexity index is 362. The Balaban J connectivity index is 0.00000162. The summed E-state index contributed by atoms with van der Waals surface area (Å²) in [5.74, 6) is -0.104. The summed E-state index contributed by atoms with van der Waals surface area (Å²) in [7, 11) is 0. The number of tetrazole rings is 1. The van der Waals surface area contributed by atoms with Gasteiger partial charge in [-0.15, -0.1) is 17.5 Å². The molecule has 1 amide bonds. The summed E-state index contributed by atoms with van der Waals surface area (Å²) < 4.78 is 1.39. The van der Waals surface area contributed by atoms with Gasteiger partial charge in [0.1, 0.15) is 12.9 Å². The number of carbonyl (C=O) groups is 1. The van der Waals surface area contributed by atoms with E-state index in [-0.39, 0.29) is 30.4 Å². The maximum Gasteiger partial charge on any atom is 0.241 e. The molecule has 1 aromatic rings. The predicted molar refractivity (Wildman–Crippen MR) is 68.1 cm³/mol. The van der Waals surface area contributed by atoms with Crippen molar-refractivity contribution in [2.75, 3.05) is 6.54 Å². The van der Waals surface area contributed by atoms with Crippen molar-refractivity contribution >= 4 is 18.3 Å². The fraction of sp³-hybridized carbons (Fsp3) is 0.800. The number of hydrogen-bond donors (Lipinski definition) is 2. The molecule has 0 aliphatic heterocycles. The molecule has 1 aliphatic rings. The minimum Gasteiger partial charge on any atom is -0.353 e. The Kier molecular flexibility index (Phi) is 5.49. The molecule has 0 radical (unpaired) electrons. The standard InChI is InChI=1S/C10H18N6O.ClH/c11-10(4-2-1-3-5-10)7-12-9(17)6-16-8-13-14-15-16;/h8H,1-7,11H2,(H,12,17);1H. The smallest absolute Gasteiger partial charge is 0.241 e. The maximum absolute atomic E-state index is 11.6. The summed E-state index contributed by atoms with van der Waals surface area (Å²) in [6.45, 7) is 0.678. The summed E-state index contributed by atoms with van der Waals surface area (Å²) in [6.07, 6.45) is 6.94. The topological polar surface area (TPSA) is 98.7 Å². The second-order valence-corrected chi connectivity index (χ2v) is 4.71. The Labute approximate surface area is 112 Å². The molecule has 102 valence electrons. The predicted octanol–water partition coefficient (Wildman–Crippen LogP) is -0.127. The summed E-state index contributed by atoms with van der Waals surface area (Å²) >= 11 is 0. The van der Waals surface area contributed by atoms with E-state index in [0.29, 0.717) is 6.54 Å². The highest BCUT2D eigenvalue weighted by molar-refractivity contribution is 5.85. The number of carbonyl (C=O) groups excluding carboxylic acids is 1. The third-order valence-electron chi connectivity index (χ3n) is 3.18. The zero-order valence-electron chi connectivity index (χ0n) is 10.2. The van der Waals surface area contributed by atoms with Crippen LogP contribution in [0.5, 0.6) is 0 Å². The van der Waals surface area contributed by atoms with E-state index < -0.39 is 0 Å². The minimum absolute atomic E-state index is 0. The molecule has 2 rings (SSSR count). The first-order valence-electron chi connectivity index (χ1n) is 5.94. The highest BCUT2D eigenvalue weighted by atomic mass is 35.5. The van der Waals surface area contributed by atoms with Crippen LogP contribution in [0.15, 0.2) is 6.33 Å². The van der Waals surface area contributed by atoms with E-state index in [1.54, 1.807) is 0 Å². The molecule has 0 saturated heterocycles. The molecule has 0 atom stereocenters. The third kappa shape index (κ3) is 4.23. The monoisotopic (exact) mass is 274 g/mol. The van der Waals surface area contributed by atoms with Crippen LogP contribution in [0.1, 0.15) is 32.1 Å². The van der Waals surface area contributed by atoms with Gasteiger partial charge in [0.05, 0.1) is 0 Å². The summed E-state index contributed by atoms with van der Waals surface area (Å²) in [5, 5.41) is 13.4. The molecular weight excluding hydrogens is 256 g/mol. The van der Waals surface area contributed by atoms with Crippen molar-refractivity contribution in [2.45, 2.75) is 44.2 Å². The molecule has 1 fully saturated rings. The first-order valence-corrected chi connectivity index (χ1v) is 5.94. The van der Waals surface area contributed by atoms with E-state index in [2.05, 4.69) is 20.8 Å². The number of aromatic nitrogens is 4. The van der Waals surface area contributed by atoms with Crippen molar-refractivity contribution in [3.63, 3.8) is 0 Å². The average molecular weight is 275 g/mol. The molecule has 1 aromatic heterocycles. The van der Waals surface area contributed by atoms with Crippen LogP contribution >= 0.6 is 12.4 Å². The molecule has 0 spiro atoms. The third-order valence-corrected chi connectivity index (χ3v) is 3.18. The lowest BCUT2D eigenvalue weighted by atomic mass is 9.82. The summed E-state index contributed by atoms with van der Waals surface area (Å²) in [5.41, 5.74) is 5.99. The van der Waals surface area contributed by atoms with Crippen LogP contribution in [0.25, 0.3) is 0 Å². The van der Waals surface area contributed by atoms with Gasteiger partial charge in [-0.3, -0.25) is 4.79 Å². The van der Waals surface area contributed by atoms with Crippen LogP contribution < -0.4 is 11.1 Å². The van der Waals surface area contributed by atoms with Gasteiger partial charge in [-0.2, -0.15) is 0 Å². The Morgan fingerprint density at radius 2 is 2.11 bits per heavy atom. The first-order chi connectivity index (χ1) is 8.18. The van der Waals surface area contributed by atoms with Crippen molar-refractivity contribution in [3.05, 3.63) is 6.33 Å². The number of hydrogen-bond acceptors (Lipinski definition) is 5. The van der Waals surface area contributed by atoms with Crippen molar-refractivity contribution in [3.8, 4) is 0 Å². The van der Waals surface area contributed by atoms with Gasteiger partial charge in [0.15, 0.2) is 0 Å². The van der Waals surface area contributed by atoms with Crippen molar-refractivity contribution in [1.29, 1.82) is 0 Å². The average Bonchev–Trinajstić information content (AvgIpc) is 2.80. The zero-order chi connectivity index (χ0) is 12.1. The van der Waals surface area contributed by atoms with Crippen molar-refractivity contribution in [2.24, 2.45) is 5.73 Å². The van der Waals surface area contributed by atoms with Crippen LogP contribution in [0.2, 0.25) is 0 Å². The van der Waals surface area contributed by atoms with Gasteiger partial charge in [-0.05, 0) is 23.3 Å². The molecule has 0 bridgehead atoms.